The summed E-state index contributed by atoms with van der Waals surface area (Å²) in [6.07, 6.45) is 0.746. The van der Waals surface area contributed by atoms with Crippen LogP contribution >= 0.6 is 11.6 Å². The van der Waals surface area contributed by atoms with Crippen LogP contribution in [-0.2, 0) is 11.2 Å². The highest BCUT2D eigenvalue weighted by Gasteiger charge is 2.26. The van der Waals surface area contributed by atoms with E-state index in [1.165, 1.54) is 18.7 Å². The van der Waals surface area contributed by atoms with Crippen molar-refractivity contribution in [1.29, 1.82) is 0 Å². The number of amides is 1. The van der Waals surface area contributed by atoms with Gasteiger partial charge in [-0.2, -0.15) is 0 Å². The lowest BCUT2D eigenvalue weighted by Gasteiger charge is -2.24. The van der Waals surface area contributed by atoms with Gasteiger partial charge in [0, 0.05) is 18.6 Å². The minimum atomic E-state index is -1.31. The Hall–Kier alpha value is -1.06. The summed E-state index contributed by atoms with van der Waals surface area (Å²) in [5, 5.41) is 10.3. The van der Waals surface area contributed by atoms with Crippen LogP contribution in [-0.4, -0.2) is 35.1 Å². The van der Waals surface area contributed by atoms with Crippen LogP contribution in [0.4, 0.5) is 0 Å². The Morgan fingerprint density at radius 1 is 1.35 bits per heavy atom. The van der Waals surface area contributed by atoms with Crippen LogP contribution < -0.4 is 0 Å². The summed E-state index contributed by atoms with van der Waals surface area (Å²) >= 11 is 5.79. The molecule has 1 amide bonds. The lowest BCUT2D eigenvalue weighted by Crippen LogP contribution is -2.43. The van der Waals surface area contributed by atoms with E-state index in [0.29, 0.717) is 11.6 Å². The zero-order chi connectivity index (χ0) is 13.1. The Morgan fingerprint density at radius 2 is 1.88 bits per heavy atom. The fourth-order valence-electron chi connectivity index (χ4n) is 1.52. The normalized spacial score (nSPS) is 11.4. The van der Waals surface area contributed by atoms with Crippen LogP contribution in [0.2, 0.25) is 5.02 Å². The third-order valence-electron chi connectivity index (χ3n) is 2.52. The van der Waals surface area contributed by atoms with Gasteiger partial charge in [0.05, 0.1) is 0 Å². The van der Waals surface area contributed by atoms with Gasteiger partial charge < -0.3 is 10.0 Å². The van der Waals surface area contributed by atoms with Gasteiger partial charge in [-0.15, -0.1) is 0 Å². The Labute approximate surface area is 107 Å². The van der Waals surface area contributed by atoms with E-state index in [-0.39, 0.29) is 5.91 Å². The molecule has 1 N–H and O–H groups in total. The Morgan fingerprint density at radius 3 is 2.35 bits per heavy atom. The van der Waals surface area contributed by atoms with E-state index in [2.05, 4.69) is 0 Å². The molecule has 0 aliphatic carbocycles. The number of carbonyl (C=O) groups is 1. The summed E-state index contributed by atoms with van der Waals surface area (Å²) in [5.41, 5.74) is -0.195. The number of rotatable bonds is 4. The first-order valence-corrected chi connectivity index (χ1v) is 5.91. The van der Waals surface area contributed by atoms with Crippen LogP contribution in [0.25, 0.3) is 0 Å². The molecule has 1 aromatic rings. The van der Waals surface area contributed by atoms with Crippen molar-refractivity contribution in [3.63, 3.8) is 0 Å². The molecule has 94 valence electrons. The van der Waals surface area contributed by atoms with E-state index >= 15 is 0 Å². The predicted octanol–water partition coefficient (Wildman–Crippen LogP) is 2.11. The van der Waals surface area contributed by atoms with Gasteiger partial charge in [-0.1, -0.05) is 23.7 Å². The summed E-state index contributed by atoms with van der Waals surface area (Å²) in [4.78, 5) is 13.2. The van der Waals surface area contributed by atoms with Crippen LogP contribution in [0.15, 0.2) is 24.3 Å². The van der Waals surface area contributed by atoms with Gasteiger partial charge >= 0.3 is 0 Å². The minimum Gasteiger partial charge on any atom is -0.381 e. The van der Waals surface area contributed by atoms with Crippen molar-refractivity contribution in [2.24, 2.45) is 0 Å². The summed E-state index contributed by atoms with van der Waals surface area (Å²) in [7, 11) is 1.69. The van der Waals surface area contributed by atoms with Gasteiger partial charge in [-0.25, -0.2) is 0 Å². The Kier molecular flexibility index (Phi) is 4.54. The van der Waals surface area contributed by atoms with Crippen molar-refractivity contribution in [3.05, 3.63) is 34.9 Å². The molecule has 0 aliphatic heterocycles. The van der Waals surface area contributed by atoms with Crippen LogP contribution in [0.5, 0.6) is 0 Å². The van der Waals surface area contributed by atoms with E-state index in [1.807, 2.05) is 24.3 Å². The zero-order valence-corrected chi connectivity index (χ0v) is 11.2. The Balaban J connectivity index is 2.51. The van der Waals surface area contributed by atoms with Gasteiger partial charge in [-0.3, -0.25) is 4.79 Å². The summed E-state index contributed by atoms with van der Waals surface area (Å²) in [5.74, 6) is -0.272. The second-order valence-corrected chi connectivity index (χ2v) is 5.10. The number of likely N-dealkylation sites (N-methyl/N-ethyl adjacent to an activating group) is 1. The summed E-state index contributed by atoms with van der Waals surface area (Å²) < 4.78 is 0. The van der Waals surface area contributed by atoms with Gasteiger partial charge in [-0.05, 0) is 38.0 Å². The lowest BCUT2D eigenvalue weighted by atomic mass is 10.1. The molecule has 3 nitrogen and oxygen atoms in total. The number of hydrogen-bond acceptors (Lipinski definition) is 2. The van der Waals surface area contributed by atoms with Crippen molar-refractivity contribution in [1.82, 2.24) is 4.90 Å². The zero-order valence-electron chi connectivity index (χ0n) is 10.4. The Bertz CT molecular complexity index is 381. The molecule has 0 fully saturated rings. The number of nitrogens with zero attached hydrogens (tertiary/aromatic N) is 1. The lowest BCUT2D eigenvalue weighted by molar-refractivity contribution is -0.146. The maximum atomic E-state index is 11.7. The molecule has 17 heavy (non-hydrogen) atoms. The highest BCUT2D eigenvalue weighted by molar-refractivity contribution is 6.30. The maximum absolute atomic E-state index is 11.7. The standard InChI is InChI=1S/C13H18ClNO2/c1-13(2,17)12(16)15(3)9-8-10-4-6-11(14)7-5-10/h4-7,17H,8-9H2,1-3H3. The first kappa shape index (κ1) is 14.0. The number of hydrogen-bond donors (Lipinski definition) is 1. The molecule has 0 heterocycles. The minimum absolute atomic E-state index is 0.272. The smallest absolute Gasteiger partial charge is 0.253 e. The monoisotopic (exact) mass is 255 g/mol. The maximum Gasteiger partial charge on any atom is 0.253 e. The highest BCUT2D eigenvalue weighted by Crippen LogP contribution is 2.11. The molecule has 0 saturated heterocycles. The summed E-state index contributed by atoms with van der Waals surface area (Å²) in [6.45, 7) is 3.56. The molecule has 0 aromatic heterocycles. The number of aliphatic hydroxyl groups is 1. The van der Waals surface area contributed by atoms with Gasteiger partial charge in [0.2, 0.25) is 0 Å². The SMILES string of the molecule is CN(CCc1ccc(Cl)cc1)C(=O)C(C)(C)O. The van der Waals surface area contributed by atoms with Gasteiger partial charge in [0.1, 0.15) is 5.60 Å². The second-order valence-electron chi connectivity index (χ2n) is 4.66. The van der Waals surface area contributed by atoms with Crippen molar-refractivity contribution in [2.75, 3.05) is 13.6 Å². The van der Waals surface area contributed by atoms with Crippen LogP contribution in [0.1, 0.15) is 19.4 Å². The average molecular weight is 256 g/mol. The molecule has 4 heteroatoms. The number of benzene rings is 1. The van der Waals surface area contributed by atoms with E-state index in [4.69, 9.17) is 11.6 Å². The molecular formula is C13H18ClNO2. The van der Waals surface area contributed by atoms with Crippen molar-refractivity contribution < 1.29 is 9.90 Å². The third kappa shape index (κ3) is 4.36. The number of carbonyl (C=O) groups excluding carboxylic acids is 1. The molecule has 0 atom stereocenters. The topological polar surface area (TPSA) is 40.5 Å². The molecule has 1 aromatic carbocycles. The van der Waals surface area contributed by atoms with Gasteiger partial charge in [0.15, 0.2) is 0 Å². The highest BCUT2D eigenvalue weighted by atomic mass is 35.5. The third-order valence-corrected chi connectivity index (χ3v) is 2.77. The number of halogens is 1. The second kappa shape index (κ2) is 5.52. The van der Waals surface area contributed by atoms with E-state index in [9.17, 15) is 9.90 Å². The average Bonchev–Trinajstić information content (AvgIpc) is 2.25. The molecule has 0 spiro atoms. The molecule has 0 unspecified atom stereocenters. The first-order chi connectivity index (χ1) is 7.80. The van der Waals surface area contributed by atoms with E-state index in [0.717, 1.165) is 12.0 Å². The molecule has 0 saturated carbocycles. The van der Waals surface area contributed by atoms with Crippen molar-refractivity contribution in [3.8, 4) is 0 Å². The van der Waals surface area contributed by atoms with E-state index < -0.39 is 5.60 Å². The largest absolute Gasteiger partial charge is 0.381 e. The van der Waals surface area contributed by atoms with Gasteiger partial charge in [0.25, 0.3) is 5.91 Å². The van der Waals surface area contributed by atoms with Crippen LogP contribution in [0.3, 0.4) is 0 Å². The van der Waals surface area contributed by atoms with Crippen molar-refractivity contribution in [2.45, 2.75) is 25.9 Å². The molecular weight excluding hydrogens is 238 g/mol. The fraction of sp³-hybridized carbons (Fsp3) is 0.462. The first-order valence-electron chi connectivity index (χ1n) is 5.53. The molecule has 0 bridgehead atoms. The molecule has 0 aliphatic rings. The van der Waals surface area contributed by atoms with Crippen molar-refractivity contribution >= 4 is 17.5 Å². The predicted molar refractivity (Wildman–Crippen MR) is 69.1 cm³/mol. The molecule has 0 radical (unpaired) electrons. The molecule has 1 rings (SSSR count). The van der Waals surface area contributed by atoms with Crippen LogP contribution in [0, 0.1) is 0 Å². The fourth-order valence-corrected chi connectivity index (χ4v) is 1.64. The summed E-state index contributed by atoms with van der Waals surface area (Å²) in [6, 6.07) is 7.53. The van der Waals surface area contributed by atoms with E-state index in [1.54, 1.807) is 7.05 Å². The quantitative estimate of drug-likeness (QED) is 0.895.